The topological polar surface area (TPSA) is 70.8 Å². The van der Waals surface area contributed by atoms with Crippen molar-refractivity contribution in [3.8, 4) is 0 Å². The number of rotatable bonds is 4. The Balaban J connectivity index is 1.92. The lowest BCUT2D eigenvalue weighted by Gasteiger charge is -2.23. The van der Waals surface area contributed by atoms with Crippen LogP contribution in [0.15, 0.2) is 41.0 Å². The zero-order chi connectivity index (χ0) is 19.1. The Morgan fingerprint density at radius 1 is 1.15 bits per heavy atom. The number of carbonyl (C=O) groups is 3. The third-order valence-corrected chi connectivity index (χ3v) is 3.92. The van der Waals surface area contributed by atoms with E-state index in [9.17, 15) is 27.6 Å². The van der Waals surface area contributed by atoms with E-state index in [1.54, 1.807) is 0 Å². The number of amides is 3. The predicted molar refractivity (Wildman–Crippen MR) is 82.4 cm³/mol. The van der Waals surface area contributed by atoms with Crippen LogP contribution in [0.5, 0.6) is 0 Å². The molecule has 2 aromatic rings. The molecule has 0 fully saturated rings. The molecule has 1 aliphatic heterocycles. The molecule has 3 rings (SSSR count). The third-order valence-electron chi connectivity index (χ3n) is 3.92. The van der Waals surface area contributed by atoms with E-state index in [0.717, 1.165) is 11.0 Å². The van der Waals surface area contributed by atoms with Crippen LogP contribution in [-0.4, -0.2) is 47.3 Å². The molecule has 1 aliphatic rings. The third kappa shape index (κ3) is 3.32. The fraction of sp³-hybridized carbons (Fsp3) is 0.235. The minimum Gasteiger partial charge on any atom is -0.467 e. The zero-order valence-corrected chi connectivity index (χ0v) is 13.5. The molecule has 0 saturated heterocycles. The number of benzene rings is 1. The number of hydrogen-bond acceptors (Lipinski definition) is 4. The summed E-state index contributed by atoms with van der Waals surface area (Å²) in [6, 6.07) is 6.60. The first-order chi connectivity index (χ1) is 12.2. The van der Waals surface area contributed by atoms with Gasteiger partial charge in [0.15, 0.2) is 0 Å². The highest BCUT2D eigenvalue weighted by molar-refractivity contribution is 6.21. The monoisotopic (exact) mass is 366 g/mol. The average molecular weight is 366 g/mol. The Morgan fingerprint density at radius 2 is 1.85 bits per heavy atom. The van der Waals surface area contributed by atoms with Crippen LogP contribution in [0.1, 0.15) is 36.8 Å². The number of furan rings is 1. The van der Waals surface area contributed by atoms with E-state index in [-0.39, 0.29) is 29.0 Å². The maximum atomic E-state index is 12.9. The van der Waals surface area contributed by atoms with Crippen molar-refractivity contribution >= 4 is 17.7 Å². The van der Waals surface area contributed by atoms with Gasteiger partial charge in [0.1, 0.15) is 12.3 Å². The number of hydrogen-bond donors (Lipinski definition) is 0. The first-order valence-corrected chi connectivity index (χ1v) is 7.52. The number of alkyl halides is 3. The Labute approximate surface area is 145 Å². The van der Waals surface area contributed by atoms with Gasteiger partial charge in [-0.15, -0.1) is 0 Å². The molecule has 0 spiro atoms. The lowest BCUT2D eigenvalue weighted by atomic mass is 10.0. The molecule has 1 aromatic carbocycles. The van der Waals surface area contributed by atoms with Crippen LogP contribution in [0.4, 0.5) is 13.2 Å². The van der Waals surface area contributed by atoms with E-state index in [1.165, 1.54) is 37.6 Å². The predicted octanol–water partition coefficient (Wildman–Crippen LogP) is 2.71. The minimum atomic E-state index is -4.61. The van der Waals surface area contributed by atoms with Crippen molar-refractivity contribution in [1.29, 1.82) is 0 Å². The van der Waals surface area contributed by atoms with Gasteiger partial charge >= 0.3 is 6.18 Å². The second-order valence-electron chi connectivity index (χ2n) is 5.79. The maximum absolute atomic E-state index is 12.9. The molecule has 3 amide bonds. The van der Waals surface area contributed by atoms with Gasteiger partial charge in [-0.2, -0.15) is 13.2 Å². The van der Waals surface area contributed by atoms with Gasteiger partial charge in [-0.25, -0.2) is 0 Å². The number of imide groups is 1. The fourth-order valence-corrected chi connectivity index (χ4v) is 2.68. The van der Waals surface area contributed by atoms with E-state index in [4.69, 9.17) is 4.42 Å². The molecule has 1 aromatic heterocycles. The molecule has 0 aliphatic carbocycles. The van der Waals surface area contributed by atoms with Crippen molar-refractivity contribution in [2.45, 2.75) is 12.7 Å². The van der Waals surface area contributed by atoms with Crippen molar-refractivity contribution in [1.82, 2.24) is 9.80 Å². The number of carbonyl (C=O) groups excluding carboxylic acids is 3. The molecule has 0 atom stereocenters. The molecule has 136 valence electrons. The van der Waals surface area contributed by atoms with Crippen LogP contribution in [0.25, 0.3) is 0 Å². The lowest BCUT2D eigenvalue weighted by molar-refractivity contribution is -0.142. The highest BCUT2D eigenvalue weighted by atomic mass is 19.4. The van der Waals surface area contributed by atoms with Crippen molar-refractivity contribution < 1.29 is 32.0 Å². The Morgan fingerprint density at radius 3 is 2.46 bits per heavy atom. The smallest absolute Gasteiger partial charge is 0.406 e. The Bertz CT molecular complexity index is 875. The van der Waals surface area contributed by atoms with Gasteiger partial charge < -0.3 is 9.32 Å². The molecular weight excluding hydrogens is 353 g/mol. The van der Waals surface area contributed by atoms with Gasteiger partial charge in [-0.05, 0) is 30.3 Å². The number of halogens is 3. The highest BCUT2D eigenvalue weighted by Crippen LogP contribution is 2.25. The minimum absolute atomic E-state index is 0.00620. The summed E-state index contributed by atoms with van der Waals surface area (Å²) in [5.41, 5.74) is -0.00762. The Hall–Kier alpha value is -3.10. The standard InChI is InChI=1S/C17H13F3N2O4/c1-21-15(24)12-5-4-10(7-13(12)16(21)25)14(23)22(9-17(18,19)20)8-11-3-2-6-26-11/h2-7H,8-9H2,1H3. The van der Waals surface area contributed by atoms with E-state index >= 15 is 0 Å². The quantitative estimate of drug-likeness (QED) is 0.780. The highest BCUT2D eigenvalue weighted by Gasteiger charge is 2.36. The average Bonchev–Trinajstić information content (AvgIpc) is 3.16. The molecule has 2 heterocycles. The van der Waals surface area contributed by atoms with Crippen molar-refractivity contribution in [2.75, 3.05) is 13.6 Å². The summed E-state index contributed by atoms with van der Waals surface area (Å²) >= 11 is 0. The van der Waals surface area contributed by atoms with Gasteiger partial charge in [0.2, 0.25) is 0 Å². The molecule has 9 heteroatoms. The zero-order valence-electron chi connectivity index (χ0n) is 13.5. The van der Waals surface area contributed by atoms with Gasteiger partial charge in [-0.1, -0.05) is 0 Å². The second-order valence-corrected chi connectivity index (χ2v) is 5.79. The molecule has 0 saturated carbocycles. The Kier molecular flexibility index (Phi) is 4.31. The van der Waals surface area contributed by atoms with Crippen molar-refractivity contribution in [3.63, 3.8) is 0 Å². The molecule has 6 nitrogen and oxygen atoms in total. The summed E-state index contributed by atoms with van der Waals surface area (Å²) in [6.45, 7) is -1.86. The number of nitrogens with zero attached hydrogens (tertiary/aromatic N) is 2. The van der Waals surface area contributed by atoms with E-state index in [0.29, 0.717) is 4.90 Å². The van der Waals surface area contributed by atoms with Crippen LogP contribution in [0.2, 0.25) is 0 Å². The molecule has 26 heavy (non-hydrogen) atoms. The lowest BCUT2D eigenvalue weighted by Crippen LogP contribution is -2.38. The normalized spacial score (nSPS) is 13.9. The van der Waals surface area contributed by atoms with Crippen LogP contribution in [0, 0.1) is 0 Å². The second kappa shape index (κ2) is 6.32. The van der Waals surface area contributed by atoms with E-state index in [2.05, 4.69) is 0 Å². The summed E-state index contributed by atoms with van der Waals surface area (Å²) in [7, 11) is 1.29. The van der Waals surface area contributed by atoms with Crippen LogP contribution in [0.3, 0.4) is 0 Å². The first-order valence-electron chi connectivity index (χ1n) is 7.52. The van der Waals surface area contributed by atoms with Crippen LogP contribution >= 0.6 is 0 Å². The molecule has 0 radical (unpaired) electrons. The van der Waals surface area contributed by atoms with Gasteiger partial charge in [-0.3, -0.25) is 19.3 Å². The molecule has 0 bridgehead atoms. The van der Waals surface area contributed by atoms with E-state index < -0.39 is 30.4 Å². The maximum Gasteiger partial charge on any atom is 0.406 e. The summed E-state index contributed by atoms with van der Waals surface area (Å²) in [5.74, 6) is -1.86. The first kappa shape index (κ1) is 17.7. The summed E-state index contributed by atoms with van der Waals surface area (Å²) in [6.07, 6.45) is -3.31. The van der Waals surface area contributed by atoms with Crippen molar-refractivity contribution in [3.05, 3.63) is 59.0 Å². The summed E-state index contributed by atoms with van der Waals surface area (Å²) < 4.78 is 43.6. The van der Waals surface area contributed by atoms with E-state index in [1.807, 2.05) is 0 Å². The fourth-order valence-electron chi connectivity index (χ4n) is 2.68. The van der Waals surface area contributed by atoms with Crippen LogP contribution in [-0.2, 0) is 6.54 Å². The van der Waals surface area contributed by atoms with Gasteiger partial charge in [0.05, 0.1) is 23.9 Å². The van der Waals surface area contributed by atoms with Crippen LogP contribution < -0.4 is 0 Å². The number of fused-ring (bicyclic) bond motifs is 1. The molecule has 0 unspecified atom stereocenters. The van der Waals surface area contributed by atoms with Gasteiger partial charge in [0, 0.05) is 12.6 Å². The molecule has 0 N–H and O–H groups in total. The summed E-state index contributed by atoms with van der Waals surface area (Å²) in [5, 5.41) is 0. The SMILES string of the molecule is CN1C(=O)c2ccc(C(=O)N(Cc3ccco3)CC(F)(F)F)cc2C1=O. The summed E-state index contributed by atoms with van der Waals surface area (Å²) in [4.78, 5) is 37.9. The largest absolute Gasteiger partial charge is 0.467 e. The van der Waals surface area contributed by atoms with Crippen molar-refractivity contribution in [2.24, 2.45) is 0 Å². The molecular formula is C17H13F3N2O4. The van der Waals surface area contributed by atoms with Gasteiger partial charge in [0.25, 0.3) is 17.7 Å².